The molecule has 22 heavy (non-hydrogen) atoms. The van der Waals surface area contributed by atoms with E-state index in [1.54, 1.807) is 24.3 Å². The van der Waals surface area contributed by atoms with Crippen molar-refractivity contribution in [2.75, 3.05) is 11.9 Å². The predicted molar refractivity (Wildman–Crippen MR) is 83.4 cm³/mol. The largest absolute Gasteiger partial charge is 0.493 e. The van der Waals surface area contributed by atoms with Gasteiger partial charge in [0, 0.05) is 5.69 Å². The molecule has 0 fully saturated rings. The number of carbonyl (C=O) groups is 1. The first kappa shape index (κ1) is 16.0. The molecule has 0 aliphatic rings. The number of benzene rings is 2. The van der Waals surface area contributed by atoms with Crippen LogP contribution in [0.15, 0.2) is 53.4 Å². The quantitative estimate of drug-likeness (QED) is 0.880. The molecule has 0 aromatic heterocycles. The number of para-hydroxylation sites is 1. The zero-order valence-electron chi connectivity index (χ0n) is 11.9. The number of primary sulfonamides is 1. The number of anilines is 1. The Morgan fingerprint density at radius 1 is 1.14 bits per heavy atom. The molecule has 116 valence electrons. The van der Waals surface area contributed by atoms with Crippen molar-refractivity contribution in [3.05, 3.63) is 54.1 Å². The second-order valence-corrected chi connectivity index (χ2v) is 6.01. The SMILES string of the molecule is CCOc1ccccc1C(=O)Nc1ccc(S(N)(=O)=O)cc1. The Kier molecular flexibility index (Phi) is 4.79. The Morgan fingerprint density at radius 3 is 2.36 bits per heavy atom. The highest BCUT2D eigenvalue weighted by Gasteiger charge is 2.13. The van der Waals surface area contributed by atoms with Crippen LogP contribution in [0.1, 0.15) is 17.3 Å². The van der Waals surface area contributed by atoms with Gasteiger partial charge < -0.3 is 10.1 Å². The fourth-order valence-electron chi connectivity index (χ4n) is 1.86. The number of nitrogens with two attached hydrogens (primary N) is 1. The minimum atomic E-state index is -3.75. The van der Waals surface area contributed by atoms with Crippen LogP contribution in [0.25, 0.3) is 0 Å². The molecule has 1 amide bonds. The first-order chi connectivity index (χ1) is 10.4. The molecular weight excluding hydrogens is 304 g/mol. The molecule has 7 heteroatoms. The highest BCUT2D eigenvalue weighted by Crippen LogP contribution is 2.20. The molecule has 0 heterocycles. The van der Waals surface area contributed by atoms with Crippen LogP contribution in [0, 0.1) is 0 Å². The topological polar surface area (TPSA) is 98.5 Å². The number of rotatable bonds is 5. The van der Waals surface area contributed by atoms with Gasteiger partial charge in [0.15, 0.2) is 0 Å². The second-order valence-electron chi connectivity index (χ2n) is 4.45. The van der Waals surface area contributed by atoms with E-state index >= 15 is 0 Å². The lowest BCUT2D eigenvalue weighted by Gasteiger charge is -2.10. The third-order valence-electron chi connectivity index (χ3n) is 2.87. The second kappa shape index (κ2) is 6.59. The summed E-state index contributed by atoms with van der Waals surface area (Å²) >= 11 is 0. The number of hydrogen-bond acceptors (Lipinski definition) is 4. The van der Waals surface area contributed by atoms with Crippen LogP contribution in [0.2, 0.25) is 0 Å². The van der Waals surface area contributed by atoms with Crippen LogP contribution in [-0.2, 0) is 10.0 Å². The summed E-state index contributed by atoms with van der Waals surface area (Å²) < 4.78 is 27.8. The third-order valence-corrected chi connectivity index (χ3v) is 3.80. The summed E-state index contributed by atoms with van der Waals surface area (Å²) in [5, 5.41) is 7.70. The smallest absolute Gasteiger partial charge is 0.259 e. The van der Waals surface area contributed by atoms with E-state index in [2.05, 4.69) is 5.32 Å². The van der Waals surface area contributed by atoms with Gasteiger partial charge in [-0.25, -0.2) is 13.6 Å². The number of nitrogens with one attached hydrogen (secondary N) is 1. The van der Waals surface area contributed by atoms with Crippen LogP contribution < -0.4 is 15.2 Å². The van der Waals surface area contributed by atoms with Gasteiger partial charge in [-0.05, 0) is 43.3 Å². The lowest BCUT2D eigenvalue weighted by Crippen LogP contribution is -2.14. The number of carbonyl (C=O) groups excluding carboxylic acids is 1. The molecule has 2 rings (SSSR count). The van der Waals surface area contributed by atoms with Crippen LogP contribution in [-0.4, -0.2) is 20.9 Å². The summed E-state index contributed by atoms with van der Waals surface area (Å²) in [5.74, 6) is 0.149. The molecular formula is C15H16N2O4S. The normalized spacial score (nSPS) is 11.0. The molecule has 2 aromatic rings. The molecule has 0 aliphatic heterocycles. The third kappa shape index (κ3) is 3.84. The maximum absolute atomic E-state index is 12.3. The van der Waals surface area contributed by atoms with E-state index in [1.807, 2.05) is 6.92 Å². The highest BCUT2D eigenvalue weighted by molar-refractivity contribution is 7.89. The van der Waals surface area contributed by atoms with Gasteiger partial charge in [0.05, 0.1) is 17.1 Å². The van der Waals surface area contributed by atoms with Crippen LogP contribution in [0.4, 0.5) is 5.69 Å². The van der Waals surface area contributed by atoms with Crippen molar-refractivity contribution >= 4 is 21.6 Å². The van der Waals surface area contributed by atoms with E-state index in [9.17, 15) is 13.2 Å². The van der Waals surface area contributed by atoms with Crippen molar-refractivity contribution in [1.29, 1.82) is 0 Å². The Morgan fingerprint density at radius 2 is 1.77 bits per heavy atom. The number of sulfonamides is 1. The van der Waals surface area contributed by atoms with Gasteiger partial charge in [0.1, 0.15) is 5.75 Å². The Labute approximate surface area is 129 Å². The van der Waals surface area contributed by atoms with Gasteiger partial charge in [-0.1, -0.05) is 12.1 Å². The summed E-state index contributed by atoms with van der Waals surface area (Å²) in [4.78, 5) is 12.2. The van der Waals surface area contributed by atoms with E-state index in [-0.39, 0.29) is 10.8 Å². The minimum Gasteiger partial charge on any atom is -0.493 e. The average molecular weight is 320 g/mol. The molecule has 0 saturated carbocycles. The molecule has 0 atom stereocenters. The van der Waals surface area contributed by atoms with E-state index < -0.39 is 10.0 Å². The van der Waals surface area contributed by atoms with Crippen LogP contribution in [0.5, 0.6) is 5.75 Å². The number of ether oxygens (including phenoxy) is 1. The summed E-state index contributed by atoms with van der Waals surface area (Å²) in [6.45, 7) is 2.29. The van der Waals surface area contributed by atoms with Gasteiger partial charge >= 0.3 is 0 Å². The van der Waals surface area contributed by atoms with Gasteiger partial charge in [0.2, 0.25) is 10.0 Å². The number of hydrogen-bond donors (Lipinski definition) is 2. The fraction of sp³-hybridized carbons (Fsp3) is 0.133. The molecule has 0 bridgehead atoms. The molecule has 6 nitrogen and oxygen atoms in total. The molecule has 0 spiro atoms. The van der Waals surface area contributed by atoms with E-state index in [0.29, 0.717) is 23.6 Å². The van der Waals surface area contributed by atoms with Crippen LogP contribution in [0.3, 0.4) is 0 Å². The Balaban J connectivity index is 2.19. The Bertz CT molecular complexity index is 770. The monoisotopic (exact) mass is 320 g/mol. The van der Waals surface area contributed by atoms with Crippen molar-refractivity contribution in [1.82, 2.24) is 0 Å². The first-order valence-electron chi connectivity index (χ1n) is 6.58. The maximum Gasteiger partial charge on any atom is 0.259 e. The molecule has 0 aliphatic carbocycles. The Hall–Kier alpha value is -2.38. The van der Waals surface area contributed by atoms with Gasteiger partial charge in [-0.2, -0.15) is 0 Å². The summed E-state index contributed by atoms with van der Waals surface area (Å²) in [5.41, 5.74) is 0.864. The van der Waals surface area contributed by atoms with Gasteiger partial charge in [-0.15, -0.1) is 0 Å². The standard InChI is InChI=1S/C15H16N2O4S/c1-2-21-14-6-4-3-5-13(14)15(18)17-11-7-9-12(10-8-11)22(16,19)20/h3-10H,2H2,1H3,(H,17,18)(H2,16,19,20). The summed E-state index contributed by atoms with van der Waals surface area (Å²) in [6.07, 6.45) is 0. The average Bonchev–Trinajstić information content (AvgIpc) is 2.47. The zero-order chi connectivity index (χ0) is 16.2. The number of amides is 1. The van der Waals surface area contributed by atoms with Crippen molar-refractivity contribution < 1.29 is 17.9 Å². The molecule has 2 aromatic carbocycles. The van der Waals surface area contributed by atoms with Crippen molar-refractivity contribution in [2.45, 2.75) is 11.8 Å². The van der Waals surface area contributed by atoms with Crippen molar-refractivity contribution in [3.8, 4) is 5.75 Å². The molecule has 0 radical (unpaired) electrons. The molecule has 3 N–H and O–H groups in total. The summed E-state index contributed by atoms with van der Waals surface area (Å²) in [7, 11) is -3.75. The predicted octanol–water partition coefficient (Wildman–Crippen LogP) is 1.98. The van der Waals surface area contributed by atoms with Gasteiger partial charge in [0.25, 0.3) is 5.91 Å². The van der Waals surface area contributed by atoms with E-state index in [0.717, 1.165) is 0 Å². The lowest BCUT2D eigenvalue weighted by atomic mass is 10.2. The van der Waals surface area contributed by atoms with Crippen molar-refractivity contribution in [2.24, 2.45) is 5.14 Å². The highest BCUT2D eigenvalue weighted by atomic mass is 32.2. The van der Waals surface area contributed by atoms with Crippen molar-refractivity contribution in [3.63, 3.8) is 0 Å². The fourth-order valence-corrected chi connectivity index (χ4v) is 2.38. The van der Waals surface area contributed by atoms with Gasteiger partial charge in [-0.3, -0.25) is 4.79 Å². The van der Waals surface area contributed by atoms with E-state index in [1.165, 1.54) is 24.3 Å². The lowest BCUT2D eigenvalue weighted by molar-refractivity contribution is 0.102. The van der Waals surface area contributed by atoms with Crippen LogP contribution >= 0.6 is 0 Å². The zero-order valence-corrected chi connectivity index (χ0v) is 12.8. The molecule has 0 unspecified atom stereocenters. The first-order valence-corrected chi connectivity index (χ1v) is 8.12. The molecule has 0 saturated heterocycles. The van der Waals surface area contributed by atoms with E-state index in [4.69, 9.17) is 9.88 Å². The summed E-state index contributed by atoms with van der Waals surface area (Å²) in [6, 6.07) is 12.5. The maximum atomic E-state index is 12.3. The minimum absolute atomic E-state index is 0.0137.